The van der Waals surface area contributed by atoms with Crippen molar-refractivity contribution in [2.75, 3.05) is 26.2 Å². The number of ketones is 1. The SMILES string of the molecule is CCOc1ccccc1C(=O)CCN1CCCCC1. The van der Waals surface area contributed by atoms with E-state index in [1.165, 1.54) is 19.3 Å². The molecule has 104 valence electrons. The molecular formula is C16H23NO2. The summed E-state index contributed by atoms with van der Waals surface area (Å²) in [5, 5.41) is 0. The molecule has 0 N–H and O–H groups in total. The van der Waals surface area contributed by atoms with Crippen LogP contribution in [0.15, 0.2) is 24.3 Å². The van der Waals surface area contributed by atoms with Crippen LogP contribution in [-0.4, -0.2) is 36.9 Å². The first kappa shape index (κ1) is 14.1. The molecule has 0 atom stereocenters. The van der Waals surface area contributed by atoms with Crippen LogP contribution in [0.25, 0.3) is 0 Å². The van der Waals surface area contributed by atoms with E-state index in [4.69, 9.17) is 4.74 Å². The highest BCUT2D eigenvalue weighted by Gasteiger charge is 2.15. The molecule has 0 aromatic heterocycles. The monoisotopic (exact) mass is 261 g/mol. The Morgan fingerprint density at radius 3 is 2.68 bits per heavy atom. The van der Waals surface area contributed by atoms with Gasteiger partial charge in [0.05, 0.1) is 12.2 Å². The number of nitrogens with zero attached hydrogens (tertiary/aromatic N) is 1. The molecule has 0 amide bonds. The van der Waals surface area contributed by atoms with Crippen LogP contribution in [0.4, 0.5) is 0 Å². The number of hydrogen-bond donors (Lipinski definition) is 0. The summed E-state index contributed by atoms with van der Waals surface area (Å²) in [6.07, 6.45) is 4.45. The summed E-state index contributed by atoms with van der Waals surface area (Å²) >= 11 is 0. The molecule has 1 aliphatic rings. The van der Waals surface area contributed by atoms with Gasteiger partial charge in [0.1, 0.15) is 5.75 Å². The van der Waals surface area contributed by atoms with Crippen molar-refractivity contribution < 1.29 is 9.53 Å². The summed E-state index contributed by atoms with van der Waals surface area (Å²) in [4.78, 5) is 14.7. The number of para-hydroxylation sites is 1. The van der Waals surface area contributed by atoms with Crippen LogP contribution in [0.2, 0.25) is 0 Å². The molecule has 19 heavy (non-hydrogen) atoms. The van der Waals surface area contributed by atoms with Gasteiger partial charge in [0, 0.05) is 13.0 Å². The maximum absolute atomic E-state index is 12.3. The zero-order valence-electron chi connectivity index (χ0n) is 11.7. The number of piperidine rings is 1. The lowest BCUT2D eigenvalue weighted by Crippen LogP contribution is -2.31. The number of benzene rings is 1. The Labute approximate surface area is 115 Å². The van der Waals surface area contributed by atoms with Crippen LogP contribution >= 0.6 is 0 Å². The van der Waals surface area contributed by atoms with Gasteiger partial charge in [-0.05, 0) is 45.0 Å². The molecule has 1 aromatic carbocycles. The minimum Gasteiger partial charge on any atom is -0.493 e. The lowest BCUT2D eigenvalue weighted by atomic mass is 10.1. The van der Waals surface area contributed by atoms with Crippen LogP contribution in [0.1, 0.15) is 43.0 Å². The van der Waals surface area contributed by atoms with Gasteiger partial charge in [-0.15, -0.1) is 0 Å². The molecule has 0 unspecified atom stereocenters. The van der Waals surface area contributed by atoms with Gasteiger partial charge in [0.25, 0.3) is 0 Å². The Morgan fingerprint density at radius 1 is 1.21 bits per heavy atom. The lowest BCUT2D eigenvalue weighted by molar-refractivity contribution is 0.0955. The van der Waals surface area contributed by atoms with Crippen molar-refractivity contribution in [1.82, 2.24) is 4.90 Å². The maximum atomic E-state index is 12.3. The van der Waals surface area contributed by atoms with E-state index in [2.05, 4.69) is 4.90 Å². The Kier molecular flexibility index (Phi) is 5.40. The van der Waals surface area contributed by atoms with Gasteiger partial charge in [0.2, 0.25) is 0 Å². The molecule has 1 fully saturated rings. The van der Waals surface area contributed by atoms with Gasteiger partial charge < -0.3 is 9.64 Å². The van der Waals surface area contributed by atoms with E-state index < -0.39 is 0 Å². The van der Waals surface area contributed by atoms with Gasteiger partial charge in [-0.3, -0.25) is 4.79 Å². The molecule has 2 rings (SSSR count). The fraction of sp³-hybridized carbons (Fsp3) is 0.562. The number of carbonyl (C=O) groups excluding carboxylic acids is 1. The van der Waals surface area contributed by atoms with Crippen molar-refractivity contribution in [1.29, 1.82) is 0 Å². The fourth-order valence-electron chi connectivity index (χ4n) is 2.56. The predicted octanol–water partition coefficient (Wildman–Crippen LogP) is 3.14. The molecule has 1 aromatic rings. The predicted molar refractivity (Wildman–Crippen MR) is 76.8 cm³/mol. The zero-order chi connectivity index (χ0) is 13.5. The smallest absolute Gasteiger partial charge is 0.167 e. The third-order valence-corrected chi connectivity index (χ3v) is 3.59. The Balaban J connectivity index is 1.91. The van der Waals surface area contributed by atoms with E-state index in [-0.39, 0.29) is 5.78 Å². The molecule has 0 bridgehead atoms. The number of likely N-dealkylation sites (tertiary alicyclic amines) is 1. The van der Waals surface area contributed by atoms with Gasteiger partial charge in [-0.2, -0.15) is 0 Å². The molecular weight excluding hydrogens is 238 g/mol. The van der Waals surface area contributed by atoms with E-state index >= 15 is 0 Å². The van der Waals surface area contributed by atoms with Gasteiger partial charge in [0.15, 0.2) is 5.78 Å². The Morgan fingerprint density at radius 2 is 1.95 bits per heavy atom. The Hall–Kier alpha value is -1.35. The molecule has 3 nitrogen and oxygen atoms in total. The van der Waals surface area contributed by atoms with Crippen molar-refractivity contribution in [3.63, 3.8) is 0 Å². The second-order valence-electron chi connectivity index (χ2n) is 5.00. The van der Waals surface area contributed by atoms with E-state index in [0.29, 0.717) is 18.8 Å². The maximum Gasteiger partial charge on any atom is 0.167 e. The molecule has 0 saturated carbocycles. The van der Waals surface area contributed by atoms with Crippen LogP contribution in [0, 0.1) is 0 Å². The number of ether oxygens (including phenoxy) is 1. The van der Waals surface area contributed by atoms with Gasteiger partial charge in [-0.1, -0.05) is 18.6 Å². The normalized spacial score (nSPS) is 16.3. The van der Waals surface area contributed by atoms with Gasteiger partial charge in [-0.25, -0.2) is 0 Å². The van der Waals surface area contributed by atoms with Crippen molar-refractivity contribution >= 4 is 5.78 Å². The molecule has 0 aliphatic carbocycles. The van der Waals surface area contributed by atoms with Crippen molar-refractivity contribution in [3.05, 3.63) is 29.8 Å². The summed E-state index contributed by atoms with van der Waals surface area (Å²) in [7, 11) is 0. The Bertz CT molecular complexity index is 411. The van der Waals surface area contributed by atoms with E-state index in [1.54, 1.807) is 0 Å². The fourth-order valence-corrected chi connectivity index (χ4v) is 2.56. The average molecular weight is 261 g/mol. The summed E-state index contributed by atoms with van der Waals surface area (Å²) in [6, 6.07) is 7.55. The third-order valence-electron chi connectivity index (χ3n) is 3.59. The molecule has 1 heterocycles. The first-order chi connectivity index (χ1) is 9.31. The highest BCUT2D eigenvalue weighted by Crippen LogP contribution is 2.20. The van der Waals surface area contributed by atoms with Crippen molar-refractivity contribution in [2.45, 2.75) is 32.6 Å². The molecule has 3 heteroatoms. The number of rotatable bonds is 6. The minimum atomic E-state index is 0.189. The quantitative estimate of drug-likeness (QED) is 0.737. The van der Waals surface area contributed by atoms with Gasteiger partial charge >= 0.3 is 0 Å². The number of Topliss-reactive ketones (excluding diaryl/α,β-unsaturated/α-hetero) is 1. The van der Waals surface area contributed by atoms with E-state index in [1.807, 2.05) is 31.2 Å². The highest BCUT2D eigenvalue weighted by atomic mass is 16.5. The van der Waals surface area contributed by atoms with E-state index in [9.17, 15) is 4.79 Å². The lowest BCUT2D eigenvalue weighted by Gasteiger charge is -2.26. The number of hydrogen-bond acceptors (Lipinski definition) is 3. The van der Waals surface area contributed by atoms with Crippen molar-refractivity contribution in [2.24, 2.45) is 0 Å². The standard InChI is InChI=1S/C16H23NO2/c1-2-19-16-9-5-4-8-14(16)15(18)10-13-17-11-6-3-7-12-17/h4-5,8-9H,2-3,6-7,10-13H2,1H3. The average Bonchev–Trinajstić information content (AvgIpc) is 2.47. The zero-order valence-corrected chi connectivity index (χ0v) is 11.7. The largest absolute Gasteiger partial charge is 0.493 e. The molecule has 0 radical (unpaired) electrons. The van der Waals surface area contributed by atoms with Crippen LogP contribution < -0.4 is 4.74 Å². The van der Waals surface area contributed by atoms with Crippen LogP contribution in [-0.2, 0) is 0 Å². The number of carbonyl (C=O) groups is 1. The van der Waals surface area contributed by atoms with Crippen molar-refractivity contribution in [3.8, 4) is 5.75 Å². The third kappa shape index (κ3) is 4.06. The summed E-state index contributed by atoms with van der Waals surface area (Å²) in [5.74, 6) is 0.906. The molecule has 1 aliphatic heterocycles. The summed E-state index contributed by atoms with van der Waals surface area (Å²) in [6.45, 7) is 5.69. The van der Waals surface area contributed by atoms with E-state index in [0.717, 1.165) is 25.2 Å². The summed E-state index contributed by atoms with van der Waals surface area (Å²) < 4.78 is 5.52. The molecule has 1 saturated heterocycles. The molecule has 0 spiro atoms. The first-order valence-electron chi connectivity index (χ1n) is 7.28. The highest BCUT2D eigenvalue weighted by molar-refractivity contribution is 5.98. The minimum absolute atomic E-state index is 0.189. The first-order valence-corrected chi connectivity index (χ1v) is 7.28. The summed E-state index contributed by atoms with van der Waals surface area (Å²) in [5.41, 5.74) is 0.723. The van der Waals surface area contributed by atoms with Crippen LogP contribution in [0.3, 0.4) is 0 Å². The second kappa shape index (κ2) is 7.29. The topological polar surface area (TPSA) is 29.5 Å². The second-order valence-corrected chi connectivity index (χ2v) is 5.00. The van der Waals surface area contributed by atoms with Crippen LogP contribution in [0.5, 0.6) is 5.75 Å².